The Morgan fingerprint density at radius 2 is 1.05 bits per heavy atom. The van der Waals surface area contributed by atoms with Crippen LogP contribution >= 0.6 is 0 Å². The molecule has 0 aromatic carbocycles. The molecule has 7 N–H and O–H groups in total. The van der Waals surface area contributed by atoms with E-state index >= 15 is 0 Å². The minimum Gasteiger partial charge on any atom is -0.480 e. The van der Waals surface area contributed by atoms with Gasteiger partial charge < -0.3 is 36.4 Å². The Balaban J connectivity index is 0. The molecule has 0 unspecified atom stereocenters. The van der Waals surface area contributed by atoms with Gasteiger partial charge in [0.15, 0.2) is 0 Å². The zero-order chi connectivity index (χ0) is 42.6. The number of aliphatic carboxylic acids is 4. The van der Waals surface area contributed by atoms with Crippen LogP contribution in [0.5, 0.6) is 0 Å². The standard InChI is InChI=1S/C27H48N6O8.C5H10.C3H5NO3.C3H8/c34-23(29-17-22-5-2-1-3-6-22)7-4-8-28-24(35)18-30-9-11-31(19-25(36)37)13-15-33(21-27(40)41)16-14-32(12-10-30)20-26(38)39;1-3-5-4-2;5-2-4-1-3(6)7;1-3-2/h22H,1-21H2,(H,28,35)(H,29,34)(H,36,37)(H,38,39)(H,40,41);3,5H,4H2,1-2H3;2H,1H2,(H,4,5)(H,6,7);3H2,1-2H3/b;5-3-;;. The minimum absolute atomic E-state index is 0.00754. The molecule has 56 heavy (non-hydrogen) atoms. The van der Waals surface area contributed by atoms with E-state index in [1.54, 1.807) is 14.7 Å². The first-order valence-electron chi connectivity index (χ1n) is 19.8. The summed E-state index contributed by atoms with van der Waals surface area (Å²) in [6.45, 7) is 11.3. The largest absolute Gasteiger partial charge is 0.480 e. The predicted molar refractivity (Wildman–Crippen MR) is 213 cm³/mol. The molecule has 0 bridgehead atoms. The first kappa shape index (κ1) is 54.0. The third-order valence-electron chi connectivity index (χ3n) is 8.40. The van der Waals surface area contributed by atoms with Crippen molar-refractivity contribution in [3.05, 3.63) is 12.2 Å². The molecule has 3 amide bonds. The summed E-state index contributed by atoms with van der Waals surface area (Å²) in [6, 6.07) is 0. The first-order chi connectivity index (χ1) is 26.7. The van der Waals surface area contributed by atoms with Crippen LogP contribution in [0.2, 0.25) is 0 Å². The highest BCUT2D eigenvalue weighted by molar-refractivity contribution is 5.78. The average molecular weight is 802 g/mol. The number of hydrogen-bond acceptors (Lipinski definition) is 11. The number of hydrogen-bond donors (Lipinski definition) is 7. The molecule has 0 atom stereocenters. The van der Waals surface area contributed by atoms with Gasteiger partial charge in [-0.15, -0.1) is 0 Å². The van der Waals surface area contributed by atoms with Gasteiger partial charge in [0.25, 0.3) is 0 Å². The van der Waals surface area contributed by atoms with E-state index in [4.69, 9.17) is 5.11 Å². The zero-order valence-corrected chi connectivity index (χ0v) is 34.2. The van der Waals surface area contributed by atoms with Crippen molar-refractivity contribution < 1.29 is 54.0 Å². The van der Waals surface area contributed by atoms with Crippen molar-refractivity contribution in [3.8, 4) is 0 Å². The maximum Gasteiger partial charge on any atom is 0.322 e. The molecule has 1 heterocycles. The van der Waals surface area contributed by atoms with E-state index in [-0.39, 0.29) is 44.5 Å². The van der Waals surface area contributed by atoms with Crippen molar-refractivity contribution in [1.82, 2.24) is 35.6 Å². The quantitative estimate of drug-likeness (QED) is 0.0586. The zero-order valence-electron chi connectivity index (χ0n) is 34.2. The Labute approximate surface area is 333 Å². The normalized spacial score (nSPS) is 16.4. The van der Waals surface area contributed by atoms with E-state index < -0.39 is 23.9 Å². The van der Waals surface area contributed by atoms with Gasteiger partial charge in [-0.3, -0.25) is 53.2 Å². The number of nitrogens with zero attached hydrogens (tertiary/aromatic N) is 4. The summed E-state index contributed by atoms with van der Waals surface area (Å²) in [6.07, 6.45) is 13.9. The Bertz CT molecular complexity index is 1110. The SMILES string of the molecule is C/C=C\CC.CCC.O=C(O)CN1CCN(CC(=O)O)CCN(CC(=O)NCCCC(=O)NCC2CCCCC2)CCN(CC(=O)O)CC1.O=CNCC(=O)O. The number of carbonyl (C=O) groups is 7. The monoisotopic (exact) mass is 802 g/mol. The fraction of sp³-hybridized carbons (Fsp3) is 0.763. The lowest BCUT2D eigenvalue weighted by molar-refractivity contribution is -0.140. The molecule has 0 radical (unpaired) electrons. The van der Waals surface area contributed by atoms with Crippen LogP contribution in [-0.2, 0) is 33.6 Å². The van der Waals surface area contributed by atoms with E-state index in [1.807, 2.05) is 17.1 Å². The van der Waals surface area contributed by atoms with Crippen LogP contribution in [0.15, 0.2) is 12.2 Å². The molecule has 1 saturated heterocycles. The van der Waals surface area contributed by atoms with Crippen LogP contribution in [0, 0.1) is 5.92 Å². The Hall–Kier alpha value is -4.13. The minimum atomic E-state index is -1.04. The van der Waals surface area contributed by atoms with Crippen molar-refractivity contribution in [3.63, 3.8) is 0 Å². The van der Waals surface area contributed by atoms with E-state index in [1.165, 1.54) is 25.7 Å². The molecule has 18 nitrogen and oxygen atoms in total. The predicted octanol–water partition coefficient (Wildman–Crippen LogP) is 1.26. The van der Waals surface area contributed by atoms with E-state index in [0.717, 1.165) is 25.8 Å². The van der Waals surface area contributed by atoms with Gasteiger partial charge in [0.1, 0.15) is 6.54 Å². The molecule has 18 heteroatoms. The van der Waals surface area contributed by atoms with Crippen molar-refractivity contribution in [2.45, 2.75) is 85.5 Å². The van der Waals surface area contributed by atoms with Crippen LogP contribution in [0.4, 0.5) is 0 Å². The lowest BCUT2D eigenvalue weighted by Gasteiger charge is -2.32. The van der Waals surface area contributed by atoms with E-state index in [0.29, 0.717) is 84.1 Å². The number of carboxylic acids is 4. The summed E-state index contributed by atoms with van der Waals surface area (Å²) in [5, 5.41) is 43.6. The highest BCUT2D eigenvalue weighted by Gasteiger charge is 2.21. The van der Waals surface area contributed by atoms with Crippen LogP contribution in [0.3, 0.4) is 0 Å². The third-order valence-corrected chi connectivity index (χ3v) is 8.40. The van der Waals surface area contributed by atoms with Crippen LogP contribution in [0.1, 0.15) is 85.5 Å². The summed E-state index contributed by atoms with van der Waals surface area (Å²) < 4.78 is 0. The molecular weight excluding hydrogens is 730 g/mol. The molecule has 1 aliphatic heterocycles. The summed E-state index contributed by atoms with van der Waals surface area (Å²) in [4.78, 5) is 84.8. The maximum absolute atomic E-state index is 12.7. The van der Waals surface area contributed by atoms with Crippen molar-refractivity contribution >= 4 is 42.1 Å². The lowest BCUT2D eigenvalue weighted by atomic mass is 9.89. The fourth-order valence-electron chi connectivity index (χ4n) is 5.62. The van der Waals surface area contributed by atoms with Gasteiger partial charge in [0.2, 0.25) is 18.2 Å². The highest BCUT2D eigenvalue weighted by atomic mass is 16.4. The molecule has 0 spiro atoms. The first-order valence-corrected chi connectivity index (χ1v) is 19.8. The van der Waals surface area contributed by atoms with Crippen LogP contribution < -0.4 is 16.0 Å². The van der Waals surface area contributed by atoms with Gasteiger partial charge in [-0.2, -0.15) is 0 Å². The second kappa shape index (κ2) is 36.5. The third kappa shape index (κ3) is 35.6. The Morgan fingerprint density at radius 3 is 1.38 bits per heavy atom. The van der Waals surface area contributed by atoms with Gasteiger partial charge in [0, 0.05) is 71.9 Å². The van der Waals surface area contributed by atoms with Crippen LogP contribution in [0.25, 0.3) is 0 Å². The number of carboxylic acid groups (broad SMARTS) is 4. The molecule has 2 fully saturated rings. The van der Waals surface area contributed by atoms with E-state index in [9.17, 15) is 48.9 Å². The maximum atomic E-state index is 12.7. The van der Waals surface area contributed by atoms with Gasteiger partial charge in [0.05, 0.1) is 26.2 Å². The second-order valence-electron chi connectivity index (χ2n) is 13.6. The number of nitrogens with one attached hydrogen (secondary N) is 3. The van der Waals surface area contributed by atoms with Gasteiger partial charge >= 0.3 is 23.9 Å². The molecular formula is C38H71N7O11. The molecule has 0 aromatic rings. The summed E-state index contributed by atoms with van der Waals surface area (Å²) >= 11 is 0. The number of carbonyl (C=O) groups excluding carboxylic acids is 3. The molecule has 1 saturated carbocycles. The lowest BCUT2D eigenvalue weighted by Crippen LogP contribution is -2.49. The summed E-state index contributed by atoms with van der Waals surface area (Å²) in [5.41, 5.74) is 0. The molecule has 2 aliphatic rings. The topological polar surface area (TPSA) is 249 Å². The van der Waals surface area contributed by atoms with Gasteiger partial charge in [-0.05, 0) is 38.5 Å². The van der Waals surface area contributed by atoms with Crippen molar-refractivity contribution in [1.29, 1.82) is 0 Å². The van der Waals surface area contributed by atoms with E-state index in [2.05, 4.69) is 43.6 Å². The van der Waals surface area contributed by atoms with Gasteiger partial charge in [-0.1, -0.05) is 58.6 Å². The smallest absolute Gasteiger partial charge is 0.322 e. The highest BCUT2D eigenvalue weighted by Crippen LogP contribution is 2.22. The fourth-order valence-corrected chi connectivity index (χ4v) is 5.62. The van der Waals surface area contributed by atoms with Crippen molar-refractivity contribution in [2.75, 3.05) is 98.2 Å². The molecule has 324 valence electrons. The second-order valence-corrected chi connectivity index (χ2v) is 13.6. The average Bonchev–Trinajstić information content (AvgIpc) is 3.13. The number of allylic oxidation sites excluding steroid dienone is 2. The van der Waals surface area contributed by atoms with Crippen molar-refractivity contribution in [2.24, 2.45) is 5.92 Å². The molecule has 0 aromatic heterocycles. The summed E-state index contributed by atoms with van der Waals surface area (Å²) in [7, 11) is 0. The molecule has 1 aliphatic carbocycles. The van der Waals surface area contributed by atoms with Gasteiger partial charge in [-0.25, -0.2) is 0 Å². The number of amides is 3. The summed E-state index contributed by atoms with van der Waals surface area (Å²) in [5.74, 6) is -3.71. The number of rotatable bonds is 18. The Kier molecular flexibility index (Phi) is 35.2. The van der Waals surface area contributed by atoms with Crippen LogP contribution in [-0.4, -0.2) is 180 Å². The Morgan fingerprint density at radius 1 is 0.625 bits per heavy atom. The molecule has 2 rings (SSSR count).